The zero-order valence-corrected chi connectivity index (χ0v) is 24.9. The third-order valence-corrected chi connectivity index (χ3v) is 8.22. The van der Waals surface area contributed by atoms with Gasteiger partial charge in [0.2, 0.25) is 0 Å². The van der Waals surface area contributed by atoms with Crippen molar-refractivity contribution in [1.82, 2.24) is 19.3 Å². The van der Waals surface area contributed by atoms with E-state index in [1.54, 1.807) is 0 Å². The molecule has 1 amide bonds. The topological polar surface area (TPSA) is 118 Å². The minimum Gasteiger partial charge on any atom is -0.480 e. The van der Waals surface area contributed by atoms with Gasteiger partial charge in [0.15, 0.2) is 0 Å². The Balaban J connectivity index is 1.28. The summed E-state index contributed by atoms with van der Waals surface area (Å²) in [6.07, 6.45) is -2.29. The molecule has 0 radical (unpaired) electrons. The summed E-state index contributed by atoms with van der Waals surface area (Å²) >= 11 is 0. The minimum absolute atomic E-state index is 0.123. The fraction of sp³-hybridized carbons (Fsp3) is 0.250. The molecule has 16 heteroatoms. The first kappa shape index (κ1) is 32.6. The molecule has 1 fully saturated rings. The summed E-state index contributed by atoms with van der Waals surface area (Å²) in [6.45, 7) is -1.19. The maximum atomic E-state index is 15.1. The Morgan fingerprint density at radius 1 is 1.06 bits per heavy atom. The van der Waals surface area contributed by atoms with E-state index in [1.807, 2.05) is 0 Å². The number of nitrogens with one attached hydrogen (secondary N) is 1. The number of fused-ring (bicyclic) bond motifs is 2. The summed E-state index contributed by atoms with van der Waals surface area (Å²) in [4.78, 5) is 43.5. The number of anilines is 1. The molecule has 250 valence electrons. The fourth-order valence-corrected chi connectivity index (χ4v) is 5.86. The average Bonchev–Trinajstić information content (AvgIpc) is 3.52. The number of hydrogen-bond acceptors (Lipinski definition) is 6. The van der Waals surface area contributed by atoms with Gasteiger partial charge in [0.05, 0.1) is 24.3 Å². The molecule has 1 saturated heterocycles. The molecule has 0 saturated carbocycles. The van der Waals surface area contributed by atoms with Crippen LogP contribution in [0.15, 0.2) is 65.7 Å². The monoisotopic (exact) mass is 673 g/mol. The van der Waals surface area contributed by atoms with Crippen LogP contribution in [0.1, 0.15) is 16.1 Å². The van der Waals surface area contributed by atoms with E-state index in [2.05, 4.69) is 10.3 Å². The molecule has 3 aromatic heterocycles. The van der Waals surface area contributed by atoms with Gasteiger partial charge in [-0.1, -0.05) is 0 Å². The van der Waals surface area contributed by atoms with Crippen molar-refractivity contribution in [3.63, 3.8) is 0 Å². The van der Waals surface area contributed by atoms with Gasteiger partial charge in [-0.3, -0.25) is 9.59 Å². The Kier molecular flexibility index (Phi) is 8.37. The normalized spacial score (nSPS) is 16.0. The number of aliphatic carboxylic acids is 1. The number of benzene rings is 2. The van der Waals surface area contributed by atoms with Gasteiger partial charge >= 0.3 is 12.1 Å². The van der Waals surface area contributed by atoms with E-state index in [0.717, 1.165) is 4.90 Å². The van der Waals surface area contributed by atoms with Crippen molar-refractivity contribution < 1.29 is 45.8 Å². The summed E-state index contributed by atoms with van der Waals surface area (Å²) in [5.41, 5.74) is -0.480. The van der Waals surface area contributed by atoms with Gasteiger partial charge in [0.25, 0.3) is 11.5 Å². The van der Waals surface area contributed by atoms with Gasteiger partial charge in [-0.15, -0.1) is 0 Å². The van der Waals surface area contributed by atoms with Crippen LogP contribution in [0, 0.1) is 17.5 Å². The maximum Gasteiger partial charge on any atom is 0.411 e. The summed E-state index contributed by atoms with van der Waals surface area (Å²) in [5, 5.41) is 12.4. The standard InChI is InChI=1S/C32H25F6N5O5/c1-41-25-5-2-17(33)10-16(25)11-21(30(41)45)20-4-3-18(43-7-6-39-28(20)43)14-24(31(46)47)40-29(44)27-22(34)12-19(13-23(27)35)42-8-9-48-15-26(42)32(36,37)38/h2-7,10-13,24,26H,8-9,14-15H2,1H3,(H,40,44)(H,46,47)/t24-,26?/m0/s1. The lowest BCUT2D eigenvalue weighted by Gasteiger charge is -2.38. The van der Waals surface area contributed by atoms with Crippen molar-refractivity contribution in [3.8, 4) is 11.1 Å². The molecule has 1 unspecified atom stereocenters. The molecule has 2 aromatic carbocycles. The van der Waals surface area contributed by atoms with Gasteiger partial charge < -0.3 is 29.0 Å². The molecule has 5 aromatic rings. The predicted octanol–water partition coefficient (Wildman–Crippen LogP) is 4.46. The first-order valence-electron chi connectivity index (χ1n) is 14.4. The highest BCUT2D eigenvalue weighted by Crippen LogP contribution is 2.33. The number of nitrogens with zero attached hydrogens (tertiary/aromatic N) is 4. The number of pyridine rings is 2. The number of imidazole rings is 1. The lowest BCUT2D eigenvalue weighted by molar-refractivity contribution is -0.167. The predicted molar refractivity (Wildman–Crippen MR) is 160 cm³/mol. The number of carboxylic acid groups (broad SMARTS) is 1. The van der Waals surface area contributed by atoms with Crippen LogP contribution in [-0.4, -0.2) is 69.0 Å². The van der Waals surface area contributed by atoms with E-state index in [-0.39, 0.29) is 30.1 Å². The number of morpholine rings is 1. The van der Waals surface area contributed by atoms with Crippen LogP contribution in [0.4, 0.5) is 32.0 Å². The fourth-order valence-electron chi connectivity index (χ4n) is 5.86. The number of carboxylic acids is 1. The smallest absolute Gasteiger partial charge is 0.411 e. The zero-order chi connectivity index (χ0) is 34.5. The molecule has 2 atom stereocenters. The third kappa shape index (κ3) is 5.94. The number of ether oxygens (including phenoxy) is 1. The van der Waals surface area contributed by atoms with Gasteiger partial charge in [-0.05, 0) is 48.5 Å². The third-order valence-electron chi connectivity index (χ3n) is 8.22. The summed E-state index contributed by atoms with van der Waals surface area (Å²) in [7, 11) is 1.53. The van der Waals surface area contributed by atoms with Crippen molar-refractivity contribution in [2.75, 3.05) is 24.7 Å². The Bertz CT molecular complexity index is 2120. The number of rotatable bonds is 7. The minimum atomic E-state index is -4.76. The molecule has 48 heavy (non-hydrogen) atoms. The number of carbonyl (C=O) groups excluding carboxylic acids is 1. The van der Waals surface area contributed by atoms with E-state index in [0.29, 0.717) is 28.6 Å². The first-order valence-corrected chi connectivity index (χ1v) is 14.4. The van der Waals surface area contributed by atoms with Crippen molar-refractivity contribution in [3.05, 3.63) is 100.0 Å². The van der Waals surface area contributed by atoms with Gasteiger partial charge in [0.1, 0.15) is 40.7 Å². The van der Waals surface area contributed by atoms with Crippen LogP contribution in [0.2, 0.25) is 0 Å². The molecule has 1 aliphatic heterocycles. The van der Waals surface area contributed by atoms with Crippen molar-refractivity contribution in [1.29, 1.82) is 0 Å². The van der Waals surface area contributed by atoms with Crippen LogP contribution < -0.4 is 15.8 Å². The number of alkyl halides is 3. The molecular weight excluding hydrogens is 648 g/mol. The average molecular weight is 674 g/mol. The molecule has 0 spiro atoms. The number of halogens is 6. The number of aryl methyl sites for hydroxylation is 1. The van der Waals surface area contributed by atoms with Crippen LogP contribution in [0.5, 0.6) is 0 Å². The second-order valence-electron chi connectivity index (χ2n) is 11.2. The maximum absolute atomic E-state index is 15.1. The van der Waals surface area contributed by atoms with Crippen molar-refractivity contribution >= 4 is 34.1 Å². The van der Waals surface area contributed by atoms with E-state index in [9.17, 15) is 37.1 Å². The van der Waals surface area contributed by atoms with Gasteiger partial charge in [0, 0.05) is 54.7 Å². The Morgan fingerprint density at radius 2 is 1.79 bits per heavy atom. The second kappa shape index (κ2) is 12.3. The number of amides is 1. The SMILES string of the molecule is Cn1c(=O)c(-c2ccc(C[C@H](NC(=O)c3c(F)cc(N4CCOCC4C(F)(F)F)cc3F)C(=O)O)n3ccnc23)cc2cc(F)ccc21. The van der Waals surface area contributed by atoms with E-state index >= 15 is 8.78 Å². The second-order valence-corrected chi connectivity index (χ2v) is 11.2. The number of hydrogen-bond donors (Lipinski definition) is 2. The van der Waals surface area contributed by atoms with Gasteiger partial charge in [-0.2, -0.15) is 13.2 Å². The van der Waals surface area contributed by atoms with Crippen molar-refractivity contribution in [2.24, 2.45) is 7.05 Å². The molecule has 0 aliphatic carbocycles. The van der Waals surface area contributed by atoms with E-state index in [1.165, 1.54) is 64.8 Å². The van der Waals surface area contributed by atoms with Crippen LogP contribution >= 0.6 is 0 Å². The van der Waals surface area contributed by atoms with Crippen LogP contribution in [0.3, 0.4) is 0 Å². The Labute approximate surface area is 266 Å². The number of aromatic nitrogens is 3. The molecule has 1 aliphatic rings. The summed E-state index contributed by atoms with van der Waals surface area (Å²) < 4.78 is 92.5. The lowest BCUT2D eigenvalue weighted by Crippen LogP contribution is -2.53. The van der Waals surface area contributed by atoms with E-state index in [4.69, 9.17) is 4.74 Å². The van der Waals surface area contributed by atoms with Crippen LogP contribution in [0.25, 0.3) is 27.7 Å². The highest BCUT2D eigenvalue weighted by atomic mass is 19.4. The highest BCUT2D eigenvalue weighted by Gasteiger charge is 2.46. The molecule has 0 bridgehead atoms. The molecule has 6 rings (SSSR count). The Hall–Kier alpha value is -5.38. The van der Waals surface area contributed by atoms with Gasteiger partial charge in [-0.25, -0.2) is 22.9 Å². The highest BCUT2D eigenvalue weighted by molar-refractivity contribution is 5.97. The molecule has 4 heterocycles. The summed E-state index contributed by atoms with van der Waals surface area (Å²) in [5.74, 6) is -6.47. The molecular formula is C32H25F6N5O5. The lowest BCUT2D eigenvalue weighted by atomic mass is 10.0. The largest absolute Gasteiger partial charge is 0.480 e. The first-order chi connectivity index (χ1) is 22.7. The number of carbonyl (C=O) groups is 2. The molecule has 2 N–H and O–H groups in total. The Morgan fingerprint density at radius 3 is 2.48 bits per heavy atom. The zero-order valence-electron chi connectivity index (χ0n) is 24.9. The quantitative estimate of drug-likeness (QED) is 0.245. The van der Waals surface area contributed by atoms with Crippen molar-refractivity contribution in [2.45, 2.75) is 24.7 Å². The summed E-state index contributed by atoms with van der Waals surface area (Å²) in [6, 6.07) is 5.76. The van der Waals surface area contributed by atoms with E-state index < -0.39 is 77.4 Å². The molecule has 10 nitrogen and oxygen atoms in total. The van der Waals surface area contributed by atoms with Crippen LogP contribution in [-0.2, 0) is 23.0 Å².